The maximum absolute atomic E-state index is 12.9. The van der Waals surface area contributed by atoms with E-state index in [9.17, 15) is 18.0 Å². The third-order valence-electron chi connectivity index (χ3n) is 4.89. The van der Waals surface area contributed by atoms with Gasteiger partial charge in [-0.25, -0.2) is 8.42 Å². The summed E-state index contributed by atoms with van der Waals surface area (Å²) in [6.07, 6.45) is 1.33. The topological polar surface area (TPSA) is 95.6 Å². The molecule has 1 atom stereocenters. The van der Waals surface area contributed by atoms with E-state index in [2.05, 4.69) is 10.0 Å². The Morgan fingerprint density at radius 3 is 2.55 bits per heavy atom. The zero-order chi connectivity index (χ0) is 21.2. The minimum atomic E-state index is -3.80. The zero-order valence-corrected chi connectivity index (χ0v) is 17.5. The first-order valence-electron chi connectivity index (χ1n) is 9.48. The van der Waals surface area contributed by atoms with Gasteiger partial charge in [0.1, 0.15) is 0 Å². The SMILES string of the molecule is CC(=O)NC(C)c1cccc(NS(=O)(=O)c2ccc(N3CCCC3=O)cc2C)c1. The van der Waals surface area contributed by atoms with Crippen molar-refractivity contribution in [3.05, 3.63) is 53.6 Å². The average Bonchev–Trinajstić information content (AvgIpc) is 3.06. The lowest BCUT2D eigenvalue weighted by Crippen LogP contribution is -2.24. The first kappa shape index (κ1) is 20.9. The van der Waals surface area contributed by atoms with E-state index >= 15 is 0 Å². The summed E-state index contributed by atoms with van der Waals surface area (Å²) < 4.78 is 28.4. The molecule has 0 radical (unpaired) electrons. The van der Waals surface area contributed by atoms with Crippen molar-refractivity contribution in [3.63, 3.8) is 0 Å². The summed E-state index contributed by atoms with van der Waals surface area (Å²) in [5, 5.41) is 2.78. The van der Waals surface area contributed by atoms with Crippen LogP contribution >= 0.6 is 0 Å². The molecule has 0 saturated carbocycles. The molecule has 2 amide bonds. The highest BCUT2D eigenvalue weighted by molar-refractivity contribution is 7.92. The summed E-state index contributed by atoms with van der Waals surface area (Å²) in [5.41, 5.74) is 2.49. The van der Waals surface area contributed by atoms with Crippen LogP contribution in [0.2, 0.25) is 0 Å². The number of rotatable bonds is 6. The van der Waals surface area contributed by atoms with Crippen LogP contribution in [0.25, 0.3) is 0 Å². The van der Waals surface area contributed by atoms with Gasteiger partial charge >= 0.3 is 0 Å². The van der Waals surface area contributed by atoms with E-state index in [1.165, 1.54) is 13.0 Å². The van der Waals surface area contributed by atoms with E-state index in [0.29, 0.717) is 24.2 Å². The third-order valence-corrected chi connectivity index (χ3v) is 6.43. The number of nitrogens with zero attached hydrogens (tertiary/aromatic N) is 1. The molecule has 2 aromatic rings. The van der Waals surface area contributed by atoms with Crippen molar-refractivity contribution in [3.8, 4) is 0 Å². The van der Waals surface area contributed by atoms with E-state index in [0.717, 1.165) is 17.7 Å². The minimum absolute atomic E-state index is 0.0586. The quantitative estimate of drug-likeness (QED) is 0.758. The molecule has 7 nitrogen and oxygen atoms in total. The Morgan fingerprint density at radius 2 is 1.93 bits per heavy atom. The van der Waals surface area contributed by atoms with Crippen molar-refractivity contribution in [1.29, 1.82) is 0 Å². The summed E-state index contributed by atoms with van der Waals surface area (Å²) in [6.45, 7) is 5.64. The third kappa shape index (κ3) is 4.76. The van der Waals surface area contributed by atoms with Crippen LogP contribution in [-0.2, 0) is 19.6 Å². The summed E-state index contributed by atoms with van der Waals surface area (Å²) in [4.78, 5) is 25.0. The number of benzene rings is 2. The fourth-order valence-electron chi connectivity index (χ4n) is 3.49. The van der Waals surface area contributed by atoms with Crippen molar-refractivity contribution in [2.24, 2.45) is 0 Å². The minimum Gasteiger partial charge on any atom is -0.350 e. The van der Waals surface area contributed by atoms with Crippen molar-refractivity contribution < 1.29 is 18.0 Å². The number of aryl methyl sites for hydroxylation is 1. The van der Waals surface area contributed by atoms with Crippen LogP contribution in [0.5, 0.6) is 0 Å². The van der Waals surface area contributed by atoms with Crippen LogP contribution < -0.4 is 14.9 Å². The largest absolute Gasteiger partial charge is 0.350 e. The molecule has 2 aromatic carbocycles. The number of hydrogen-bond donors (Lipinski definition) is 2. The molecule has 3 rings (SSSR count). The summed E-state index contributed by atoms with van der Waals surface area (Å²) >= 11 is 0. The molecule has 2 N–H and O–H groups in total. The van der Waals surface area contributed by atoms with Gasteiger partial charge in [-0.2, -0.15) is 0 Å². The Labute approximate surface area is 171 Å². The van der Waals surface area contributed by atoms with Crippen LogP contribution in [0.15, 0.2) is 47.4 Å². The second-order valence-electron chi connectivity index (χ2n) is 7.25. The van der Waals surface area contributed by atoms with E-state index in [1.807, 2.05) is 13.0 Å². The van der Waals surface area contributed by atoms with Crippen molar-refractivity contribution in [2.75, 3.05) is 16.2 Å². The van der Waals surface area contributed by atoms with E-state index < -0.39 is 10.0 Å². The number of anilines is 2. The highest BCUT2D eigenvalue weighted by atomic mass is 32.2. The van der Waals surface area contributed by atoms with Crippen LogP contribution in [0.3, 0.4) is 0 Å². The van der Waals surface area contributed by atoms with Gasteiger partial charge in [0.25, 0.3) is 10.0 Å². The van der Waals surface area contributed by atoms with Crippen LogP contribution in [0, 0.1) is 6.92 Å². The lowest BCUT2D eigenvalue weighted by Gasteiger charge is -2.18. The van der Waals surface area contributed by atoms with Gasteiger partial charge in [0.05, 0.1) is 10.9 Å². The molecule has 1 saturated heterocycles. The van der Waals surface area contributed by atoms with Crippen molar-refractivity contribution in [1.82, 2.24) is 5.32 Å². The van der Waals surface area contributed by atoms with Crippen LogP contribution in [0.4, 0.5) is 11.4 Å². The molecular weight excluding hydrogens is 390 g/mol. The molecule has 0 aromatic heterocycles. The van der Waals surface area contributed by atoms with Crippen molar-refractivity contribution >= 4 is 33.2 Å². The van der Waals surface area contributed by atoms with Crippen molar-refractivity contribution in [2.45, 2.75) is 44.6 Å². The van der Waals surface area contributed by atoms with Crippen LogP contribution in [0.1, 0.15) is 43.9 Å². The summed E-state index contributed by atoms with van der Waals surface area (Å²) in [5.74, 6) is -0.0982. The zero-order valence-electron chi connectivity index (χ0n) is 16.7. The predicted octanol–water partition coefficient (Wildman–Crippen LogP) is 3.12. The van der Waals surface area contributed by atoms with Gasteiger partial charge < -0.3 is 10.2 Å². The number of nitrogens with one attached hydrogen (secondary N) is 2. The summed E-state index contributed by atoms with van der Waals surface area (Å²) in [6, 6.07) is 11.6. The Bertz CT molecular complexity index is 1050. The Kier molecular flexibility index (Phi) is 5.93. The number of amides is 2. The molecule has 1 aliphatic rings. The molecule has 1 heterocycles. The van der Waals surface area contributed by atoms with Gasteiger partial charge in [-0.05, 0) is 61.7 Å². The fraction of sp³-hybridized carbons (Fsp3) is 0.333. The lowest BCUT2D eigenvalue weighted by molar-refractivity contribution is -0.119. The van der Waals surface area contributed by atoms with E-state index in [1.54, 1.807) is 42.2 Å². The first-order valence-corrected chi connectivity index (χ1v) is 11.0. The van der Waals surface area contributed by atoms with Gasteiger partial charge in [-0.1, -0.05) is 12.1 Å². The Balaban J connectivity index is 1.83. The smallest absolute Gasteiger partial charge is 0.262 e. The molecule has 8 heteroatoms. The summed E-state index contributed by atoms with van der Waals surface area (Å²) in [7, 11) is -3.80. The number of carbonyl (C=O) groups excluding carboxylic acids is 2. The Morgan fingerprint density at radius 1 is 1.17 bits per heavy atom. The van der Waals surface area contributed by atoms with Gasteiger partial charge in [-0.15, -0.1) is 0 Å². The maximum atomic E-state index is 12.9. The average molecular weight is 416 g/mol. The lowest BCUT2D eigenvalue weighted by atomic mass is 10.1. The molecule has 0 spiro atoms. The molecule has 1 unspecified atom stereocenters. The first-order chi connectivity index (χ1) is 13.7. The van der Waals surface area contributed by atoms with Gasteiger partial charge in [0, 0.05) is 31.3 Å². The Hall–Kier alpha value is -2.87. The molecule has 29 heavy (non-hydrogen) atoms. The van der Waals surface area contributed by atoms with E-state index in [4.69, 9.17) is 0 Å². The second-order valence-corrected chi connectivity index (χ2v) is 8.90. The fourth-order valence-corrected chi connectivity index (χ4v) is 4.77. The number of sulfonamides is 1. The number of carbonyl (C=O) groups is 2. The molecule has 1 aliphatic heterocycles. The standard InChI is InChI=1S/C21H25N3O4S/c1-14-12-19(24-11-5-8-21(24)26)9-10-20(14)29(27,28)23-18-7-4-6-17(13-18)15(2)22-16(3)25/h4,6-7,9-10,12-13,15,23H,5,8,11H2,1-3H3,(H,22,25). The molecule has 0 bridgehead atoms. The van der Waals surface area contributed by atoms with Gasteiger partial charge in [0.2, 0.25) is 11.8 Å². The van der Waals surface area contributed by atoms with Gasteiger partial charge in [-0.3, -0.25) is 14.3 Å². The molecule has 0 aliphatic carbocycles. The predicted molar refractivity (Wildman–Crippen MR) is 112 cm³/mol. The molecular formula is C21H25N3O4S. The molecule has 1 fully saturated rings. The molecule has 154 valence electrons. The highest BCUT2D eigenvalue weighted by Crippen LogP contribution is 2.27. The number of hydrogen-bond acceptors (Lipinski definition) is 4. The highest BCUT2D eigenvalue weighted by Gasteiger charge is 2.24. The normalized spacial score (nSPS) is 15.3. The van der Waals surface area contributed by atoms with Crippen LogP contribution in [-0.4, -0.2) is 26.8 Å². The maximum Gasteiger partial charge on any atom is 0.262 e. The van der Waals surface area contributed by atoms with Gasteiger partial charge in [0.15, 0.2) is 0 Å². The van der Waals surface area contributed by atoms with E-state index in [-0.39, 0.29) is 22.8 Å². The monoisotopic (exact) mass is 415 g/mol. The second kappa shape index (κ2) is 8.24.